The number of aromatic nitrogens is 2. The molecule has 2 N–H and O–H groups in total. The number of carboxylic acids is 1. The van der Waals surface area contributed by atoms with Crippen molar-refractivity contribution in [3.63, 3.8) is 0 Å². The molecular formula is C9H13N3O3. The van der Waals surface area contributed by atoms with Crippen molar-refractivity contribution in [2.24, 2.45) is 5.16 Å². The quantitative estimate of drug-likeness (QED) is 0.436. The minimum atomic E-state index is -1.10. The van der Waals surface area contributed by atoms with Crippen molar-refractivity contribution in [1.29, 1.82) is 0 Å². The molecule has 15 heavy (non-hydrogen) atoms. The van der Waals surface area contributed by atoms with Gasteiger partial charge in [-0.2, -0.15) is 5.10 Å². The molecule has 0 aliphatic heterocycles. The van der Waals surface area contributed by atoms with Crippen molar-refractivity contribution >= 4 is 12.2 Å². The Labute approximate surface area is 86.8 Å². The van der Waals surface area contributed by atoms with Crippen LogP contribution in [0.5, 0.6) is 0 Å². The maximum atomic E-state index is 10.8. The highest BCUT2D eigenvalue weighted by Gasteiger charge is 2.22. The summed E-state index contributed by atoms with van der Waals surface area (Å²) in [6, 6.07) is 0. The highest BCUT2D eigenvalue weighted by molar-refractivity contribution is 5.97. The second-order valence-electron chi connectivity index (χ2n) is 4.08. The third-order valence-corrected chi connectivity index (χ3v) is 1.85. The third kappa shape index (κ3) is 2.15. The molecule has 6 nitrogen and oxygen atoms in total. The van der Waals surface area contributed by atoms with E-state index in [1.165, 1.54) is 10.9 Å². The molecule has 1 aromatic rings. The maximum absolute atomic E-state index is 10.8. The Morgan fingerprint density at radius 1 is 1.60 bits per heavy atom. The molecule has 6 heteroatoms. The van der Waals surface area contributed by atoms with Crippen LogP contribution in [-0.2, 0) is 5.54 Å². The van der Waals surface area contributed by atoms with Gasteiger partial charge >= 0.3 is 5.97 Å². The first-order chi connectivity index (χ1) is 6.88. The molecule has 0 aliphatic carbocycles. The van der Waals surface area contributed by atoms with Gasteiger partial charge in [0.1, 0.15) is 5.56 Å². The summed E-state index contributed by atoms with van der Waals surface area (Å²) >= 11 is 0. The second kappa shape index (κ2) is 3.72. The summed E-state index contributed by atoms with van der Waals surface area (Å²) in [7, 11) is 0. The van der Waals surface area contributed by atoms with Crippen LogP contribution in [0.15, 0.2) is 11.4 Å². The van der Waals surface area contributed by atoms with Gasteiger partial charge in [-0.25, -0.2) is 4.79 Å². The number of carboxylic acid groups (broad SMARTS) is 1. The van der Waals surface area contributed by atoms with E-state index in [0.29, 0.717) is 0 Å². The Morgan fingerprint density at radius 2 is 2.20 bits per heavy atom. The number of carbonyl (C=O) groups is 1. The fourth-order valence-corrected chi connectivity index (χ4v) is 1.24. The lowest BCUT2D eigenvalue weighted by molar-refractivity contribution is 0.0696. The molecule has 0 spiro atoms. The van der Waals surface area contributed by atoms with Crippen LogP contribution in [0.4, 0.5) is 0 Å². The van der Waals surface area contributed by atoms with Gasteiger partial charge in [0, 0.05) is 0 Å². The van der Waals surface area contributed by atoms with E-state index in [1.54, 1.807) is 0 Å². The maximum Gasteiger partial charge on any atom is 0.339 e. The first kappa shape index (κ1) is 11.2. The molecular weight excluding hydrogens is 198 g/mol. The van der Waals surface area contributed by atoms with Crippen molar-refractivity contribution < 1.29 is 15.1 Å². The Balaban J connectivity index is 3.37. The Hall–Kier alpha value is -1.85. The van der Waals surface area contributed by atoms with Gasteiger partial charge in [0.15, 0.2) is 0 Å². The van der Waals surface area contributed by atoms with Crippen LogP contribution in [0.3, 0.4) is 0 Å². The van der Waals surface area contributed by atoms with Gasteiger partial charge in [-0.15, -0.1) is 0 Å². The molecule has 0 aromatic carbocycles. The van der Waals surface area contributed by atoms with E-state index >= 15 is 0 Å². The molecule has 0 aliphatic rings. The van der Waals surface area contributed by atoms with Gasteiger partial charge in [0.05, 0.1) is 23.6 Å². The van der Waals surface area contributed by atoms with Gasteiger partial charge in [-0.3, -0.25) is 4.68 Å². The van der Waals surface area contributed by atoms with Crippen molar-refractivity contribution in [2.75, 3.05) is 0 Å². The first-order valence-electron chi connectivity index (χ1n) is 4.37. The number of aromatic carboxylic acids is 1. The zero-order chi connectivity index (χ0) is 11.6. The average Bonchev–Trinajstić information content (AvgIpc) is 2.47. The van der Waals surface area contributed by atoms with E-state index in [9.17, 15) is 4.79 Å². The van der Waals surface area contributed by atoms with Crippen molar-refractivity contribution in [3.05, 3.63) is 17.5 Å². The summed E-state index contributed by atoms with van der Waals surface area (Å²) in [5, 5.41) is 24.2. The van der Waals surface area contributed by atoms with Gasteiger partial charge in [0.25, 0.3) is 0 Å². The number of oxime groups is 1. The fraction of sp³-hybridized carbons (Fsp3) is 0.444. The van der Waals surface area contributed by atoms with Gasteiger partial charge < -0.3 is 10.3 Å². The van der Waals surface area contributed by atoms with E-state index in [1.807, 2.05) is 20.8 Å². The summed E-state index contributed by atoms with van der Waals surface area (Å²) in [4.78, 5) is 10.8. The van der Waals surface area contributed by atoms with Crippen molar-refractivity contribution in [1.82, 2.24) is 9.78 Å². The normalized spacial score (nSPS) is 12.2. The lowest BCUT2D eigenvalue weighted by atomic mass is 10.1. The Morgan fingerprint density at radius 3 is 2.60 bits per heavy atom. The van der Waals surface area contributed by atoms with E-state index in [0.717, 1.165) is 6.21 Å². The van der Waals surface area contributed by atoms with Crippen molar-refractivity contribution in [3.8, 4) is 0 Å². The summed E-state index contributed by atoms with van der Waals surface area (Å²) < 4.78 is 1.50. The van der Waals surface area contributed by atoms with Gasteiger partial charge in [0.2, 0.25) is 0 Å². The third-order valence-electron chi connectivity index (χ3n) is 1.85. The van der Waals surface area contributed by atoms with E-state index in [-0.39, 0.29) is 16.8 Å². The van der Waals surface area contributed by atoms with Crippen LogP contribution in [0.1, 0.15) is 36.8 Å². The molecule has 0 bridgehead atoms. The largest absolute Gasteiger partial charge is 0.478 e. The summed E-state index contributed by atoms with van der Waals surface area (Å²) in [6.45, 7) is 5.63. The fourth-order valence-electron chi connectivity index (χ4n) is 1.24. The topological polar surface area (TPSA) is 87.7 Å². The van der Waals surface area contributed by atoms with E-state index < -0.39 is 5.97 Å². The lowest BCUT2D eigenvalue weighted by Crippen LogP contribution is -2.25. The number of rotatable bonds is 2. The molecule has 1 aromatic heterocycles. The highest BCUT2D eigenvalue weighted by Crippen LogP contribution is 2.17. The molecule has 0 saturated carbocycles. The Bertz CT molecular complexity index is 401. The van der Waals surface area contributed by atoms with Crippen LogP contribution < -0.4 is 0 Å². The molecule has 0 saturated heterocycles. The monoisotopic (exact) mass is 211 g/mol. The van der Waals surface area contributed by atoms with E-state index in [2.05, 4.69) is 10.3 Å². The first-order valence-corrected chi connectivity index (χ1v) is 4.37. The van der Waals surface area contributed by atoms with E-state index in [4.69, 9.17) is 10.3 Å². The van der Waals surface area contributed by atoms with Crippen LogP contribution in [-0.4, -0.2) is 32.3 Å². The molecule has 0 atom stereocenters. The predicted molar refractivity (Wildman–Crippen MR) is 53.6 cm³/mol. The number of hydrogen-bond acceptors (Lipinski definition) is 4. The molecule has 0 amide bonds. The minimum absolute atomic E-state index is 0.0164. The number of hydrogen-bond donors (Lipinski definition) is 2. The Kier molecular flexibility index (Phi) is 2.78. The van der Waals surface area contributed by atoms with Gasteiger partial charge in [-0.1, -0.05) is 5.16 Å². The minimum Gasteiger partial charge on any atom is -0.478 e. The highest BCUT2D eigenvalue weighted by atomic mass is 16.4. The molecule has 82 valence electrons. The summed E-state index contributed by atoms with van der Waals surface area (Å²) in [5.41, 5.74) is -0.0789. The van der Waals surface area contributed by atoms with Gasteiger partial charge in [-0.05, 0) is 20.8 Å². The zero-order valence-corrected chi connectivity index (χ0v) is 8.80. The molecule has 0 unspecified atom stereocenters. The predicted octanol–water partition coefficient (Wildman–Crippen LogP) is 1.14. The molecule has 0 fully saturated rings. The zero-order valence-electron chi connectivity index (χ0n) is 8.80. The standard InChI is InChI=1S/C9H13N3O3/c1-9(2,3)12-7(5-11-15)6(4-10-12)8(13)14/h4-5,15H,1-3H3,(H,13,14). The molecule has 0 radical (unpaired) electrons. The van der Waals surface area contributed by atoms with Crippen LogP contribution >= 0.6 is 0 Å². The second-order valence-corrected chi connectivity index (χ2v) is 4.08. The van der Waals surface area contributed by atoms with Crippen LogP contribution in [0.2, 0.25) is 0 Å². The molecule has 1 heterocycles. The van der Waals surface area contributed by atoms with Crippen LogP contribution in [0.25, 0.3) is 0 Å². The SMILES string of the molecule is CC(C)(C)n1ncc(C(=O)O)c1C=NO. The van der Waals surface area contributed by atoms with Crippen molar-refractivity contribution in [2.45, 2.75) is 26.3 Å². The summed E-state index contributed by atoms with van der Waals surface area (Å²) in [5.74, 6) is -1.10. The molecule has 1 rings (SSSR count). The number of nitrogens with zero attached hydrogens (tertiary/aromatic N) is 3. The lowest BCUT2D eigenvalue weighted by Gasteiger charge is -2.21. The summed E-state index contributed by atoms with van der Waals surface area (Å²) in [6.07, 6.45) is 2.31. The average molecular weight is 211 g/mol. The smallest absolute Gasteiger partial charge is 0.339 e. The van der Waals surface area contributed by atoms with Crippen LogP contribution in [0, 0.1) is 0 Å².